The van der Waals surface area contributed by atoms with Crippen molar-refractivity contribution in [3.8, 4) is 0 Å². The molecule has 0 saturated heterocycles. The fourth-order valence-corrected chi connectivity index (χ4v) is 2.91. The molecule has 0 nitrogen and oxygen atoms in total. The third kappa shape index (κ3) is 3.65. The van der Waals surface area contributed by atoms with E-state index in [-0.39, 0.29) is 0 Å². The van der Waals surface area contributed by atoms with Crippen molar-refractivity contribution in [1.82, 2.24) is 0 Å². The molecule has 0 atom stereocenters. The second-order valence-corrected chi connectivity index (χ2v) is 5.86. The van der Waals surface area contributed by atoms with Gasteiger partial charge in [-0.2, -0.15) is 0 Å². The molecule has 0 heteroatoms. The van der Waals surface area contributed by atoms with Gasteiger partial charge in [-0.05, 0) is 54.0 Å². The zero-order valence-electron chi connectivity index (χ0n) is 13.1. The fourth-order valence-electron chi connectivity index (χ4n) is 2.91. The highest BCUT2D eigenvalue weighted by Gasteiger charge is 2.05. The van der Waals surface area contributed by atoms with Crippen molar-refractivity contribution < 1.29 is 0 Å². The third-order valence-corrected chi connectivity index (χ3v) is 4.29. The average molecular weight is 286 g/mol. The normalized spacial score (nSPS) is 10.6. The molecule has 0 saturated carbocycles. The molecule has 3 aromatic rings. The van der Waals surface area contributed by atoms with E-state index in [0.717, 1.165) is 19.3 Å². The number of hydrogen-bond acceptors (Lipinski definition) is 0. The Labute approximate surface area is 133 Å². The molecule has 110 valence electrons. The molecule has 0 aromatic heterocycles. The summed E-state index contributed by atoms with van der Waals surface area (Å²) in [7, 11) is 0. The van der Waals surface area contributed by atoms with Crippen LogP contribution in [0, 0.1) is 6.92 Å². The summed E-state index contributed by atoms with van der Waals surface area (Å²) < 4.78 is 0. The first-order valence-corrected chi connectivity index (χ1v) is 7.98. The topological polar surface area (TPSA) is 0 Å². The smallest absolute Gasteiger partial charge is 0.00204 e. The van der Waals surface area contributed by atoms with E-state index in [9.17, 15) is 0 Å². The van der Waals surface area contributed by atoms with Gasteiger partial charge in [0.2, 0.25) is 0 Å². The Kier molecular flexibility index (Phi) is 4.70. The Bertz CT molecular complexity index is 726. The highest BCUT2D eigenvalue weighted by molar-refractivity contribution is 5.36. The van der Waals surface area contributed by atoms with Crippen LogP contribution in [0.1, 0.15) is 27.8 Å². The SMILES string of the molecule is Cc1ccccc1Cc1ccccc1CCc1ccccc1. The second kappa shape index (κ2) is 7.09. The van der Waals surface area contributed by atoms with Gasteiger partial charge in [0.05, 0.1) is 0 Å². The first-order valence-electron chi connectivity index (χ1n) is 7.98. The van der Waals surface area contributed by atoms with E-state index in [0.29, 0.717) is 0 Å². The molecule has 0 aliphatic rings. The van der Waals surface area contributed by atoms with Gasteiger partial charge in [0, 0.05) is 0 Å². The van der Waals surface area contributed by atoms with E-state index in [1.807, 2.05) is 0 Å². The predicted octanol–water partition coefficient (Wildman–Crippen LogP) is 5.37. The molecule has 3 rings (SSSR count). The lowest BCUT2D eigenvalue weighted by Gasteiger charge is -2.11. The molecular weight excluding hydrogens is 264 g/mol. The van der Waals surface area contributed by atoms with E-state index in [4.69, 9.17) is 0 Å². The van der Waals surface area contributed by atoms with E-state index < -0.39 is 0 Å². The first kappa shape index (κ1) is 14.6. The summed E-state index contributed by atoms with van der Waals surface area (Å²) in [5.74, 6) is 0. The number of rotatable bonds is 5. The fraction of sp³-hybridized carbons (Fsp3) is 0.182. The van der Waals surface area contributed by atoms with Crippen LogP contribution in [0.5, 0.6) is 0 Å². The van der Waals surface area contributed by atoms with Crippen molar-refractivity contribution in [2.75, 3.05) is 0 Å². The van der Waals surface area contributed by atoms with Gasteiger partial charge in [0.15, 0.2) is 0 Å². The van der Waals surface area contributed by atoms with Crippen LogP contribution in [0.25, 0.3) is 0 Å². The van der Waals surface area contributed by atoms with Gasteiger partial charge in [0.1, 0.15) is 0 Å². The van der Waals surface area contributed by atoms with Gasteiger partial charge in [-0.1, -0.05) is 78.9 Å². The Hall–Kier alpha value is -2.34. The predicted molar refractivity (Wildman–Crippen MR) is 94.3 cm³/mol. The van der Waals surface area contributed by atoms with Crippen LogP contribution in [0.4, 0.5) is 0 Å². The van der Waals surface area contributed by atoms with Gasteiger partial charge < -0.3 is 0 Å². The van der Waals surface area contributed by atoms with Gasteiger partial charge in [-0.15, -0.1) is 0 Å². The van der Waals surface area contributed by atoms with Crippen LogP contribution in [0.3, 0.4) is 0 Å². The lowest BCUT2D eigenvalue weighted by atomic mass is 9.94. The zero-order chi connectivity index (χ0) is 15.2. The summed E-state index contributed by atoms with van der Waals surface area (Å²) >= 11 is 0. The van der Waals surface area contributed by atoms with Gasteiger partial charge in [-0.25, -0.2) is 0 Å². The van der Waals surface area contributed by atoms with Crippen LogP contribution < -0.4 is 0 Å². The van der Waals surface area contributed by atoms with Crippen LogP contribution in [0.2, 0.25) is 0 Å². The minimum Gasteiger partial charge on any atom is -0.0622 e. The quantitative estimate of drug-likeness (QED) is 0.591. The molecule has 0 N–H and O–H groups in total. The van der Waals surface area contributed by atoms with E-state index >= 15 is 0 Å². The Morgan fingerprint density at radius 2 is 1.14 bits per heavy atom. The van der Waals surface area contributed by atoms with Gasteiger partial charge in [-0.3, -0.25) is 0 Å². The summed E-state index contributed by atoms with van der Waals surface area (Å²) in [6.45, 7) is 2.20. The summed E-state index contributed by atoms with van der Waals surface area (Å²) in [5.41, 5.74) is 7.13. The number of hydrogen-bond donors (Lipinski definition) is 0. The molecule has 22 heavy (non-hydrogen) atoms. The summed E-state index contributed by atoms with van der Waals surface area (Å²) in [4.78, 5) is 0. The summed E-state index contributed by atoms with van der Waals surface area (Å²) in [6.07, 6.45) is 3.23. The maximum Gasteiger partial charge on any atom is -0.00204 e. The van der Waals surface area contributed by atoms with Crippen LogP contribution in [-0.4, -0.2) is 0 Å². The first-order chi connectivity index (χ1) is 10.8. The second-order valence-electron chi connectivity index (χ2n) is 5.86. The maximum atomic E-state index is 2.27. The molecule has 0 spiro atoms. The van der Waals surface area contributed by atoms with E-state index in [1.165, 1.54) is 27.8 Å². The van der Waals surface area contributed by atoms with E-state index in [2.05, 4.69) is 85.8 Å². The molecule has 0 bridgehead atoms. The van der Waals surface area contributed by atoms with Gasteiger partial charge >= 0.3 is 0 Å². The summed E-state index contributed by atoms with van der Waals surface area (Å²) in [6, 6.07) is 28.3. The molecule has 3 aromatic carbocycles. The van der Waals surface area contributed by atoms with Crippen LogP contribution >= 0.6 is 0 Å². The Morgan fingerprint density at radius 3 is 1.86 bits per heavy atom. The van der Waals surface area contributed by atoms with Crippen molar-refractivity contribution >= 4 is 0 Å². The van der Waals surface area contributed by atoms with Crippen molar-refractivity contribution in [3.63, 3.8) is 0 Å². The Morgan fingerprint density at radius 1 is 0.545 bits per heavy atom. The molecule has 0 heterocycles. The lowest BCUT2D eigenvalue weighted by Crippen LogP contribution is -1.99. The molecule has 0 amide bonds. The standard InChI is InChI=1S/C22H22/c1-18-9-5-6-13-21(18)17-22-14-8-7-12-20(22)16-15-19-10-3-2-4-11-19/h2-14H,15-17H2,1H3. The Balaban J connectivity index is 1.77. The van der Waals surface area contributed by atoms with Crippen molar-refractivity contribution in [3.05, 3.63) is 107 Å². The number of aryl methyl sites for hydroxylation is 3. The van der Waals surface area contributed by atoms with Crippen LogP contribution in [-0.2, 0) is 19.3 Å². The monoisotopic (exact) mass is 286 g/mol. The van der Waals surface area contributed by atoms with Gasteiger partial charge in [0.25, 0.3) is 0 Å². The molecular formula is C22H22. The minimum atomic E-state index is 1.03. The van der Waals surface area contributed by atoms with Crippen molar-refractivity contribution in [1.29, 1.82) is 0 Å². The summed E-state index contributed by atoms with van der Waals surface area (Å²) in [5, 5.41) is 0. The van der Waals surface area contributed by atoms with Crippen LogP contribution in [0.15, 0.2) is 78.9 Å². The highest BCUT2D eigenvalue weighted by atomic mass is 14.1. The zero-order valence-corrected chi connectivity index (χ0v) is 13.1. The molecule has 0 fully saturated rings. The van der Waals surface area contributed by atoms with E-state index in [1.54, 1.807) is 0 Å². The third-order valence-electron chi connectivity index (χ3n) is 4.29. The molecule has 0 aliphatic heterocycles. The molecule has 0 unspecified atom stereocenters. The average Bonchev–Trinajstić information content (AvgIpc) is 2.57. The van der Waals surface area contributed by atoms with Crippen molar-refractivity contribution in [2.24, 2.45) is 0 Å². The highest BCUT2D eigenvalue weighted by Crippen LogP contribution is 2.18. The van der Waals surface area contributed by atoms with Crippen molar-refractivity contribution in [2.45, 2.75) is 26.2 Å². The number of benzene rings is 3. The minimum absolute atomic E-state index is 1.03. The lowest BCUT2D eigenvalue weighted by molar-refractivity contribution is 0.936. The molecule has 0 aliphatic carbocycles. The maximum absolute atomic E-state index is 2.27. The largest absolute Gasteiger partial charge is 0.0622 e. The molecule has 0 radical (unpaired) electrons.